The molecule has 0 aliphatic carbocycles. The Balaban J connectivity index is 1.51. The molecule has 1 aliphatic rings. The van der Waals surface area contributed by atoms with Gasteiger partial charge in [0.1, 0.15) is 17.5 Å². The second kappa shape index (κ2) is 9.68. The molecule has 2 N–H and O–H groups in total. The first kappa shape index (κ1) is 21.0. The van der Waals surface area contributed by atoms with Crippen molar-refractivity contribution >= 4 is 38.5 Å². The average Bonchev–Trinajstić information content (AvgIpc) is 2.75. The molecular formula is C22H27BrN6O. The van der Waals surface area contributed by atoms with E-state index in [1.165, 1.54) is 5.56 Å². The number of hydrogen-bond acceptors (Lipinski definition) is 7. The van der Waals surface area contributed by atoms with Crippen molar-refractivity contribution in [1.29, 1.82) is 0 Å². The fraction of sp³-hybridized carbons (Fsp3) is 0.409. The first-order valence-corrected chi connectivity index (χ1v) is 11.1. The lowest BCUT2D eigenvalue weighted by Gasteiger charge is -2.26. The Morgan fingerprint density at radius 2 is 2.03 bits per heavy atom. The number of anilines is 2. The summed E-state index contributed by atoms with van der Waals surface area (Å²) in [6.07, 6.45) is 1.82. The van der Waals surface area contributed by atoms with Crippen molar-refractivity contribution in [2.45, 2.75) is 19.9 Å². The van der Waals surface area contributed by atoms with Crippen molar-refractivity contribution in [3.05, 3.63) is 52.4 Å². The van der Waals surface area contributed by atoms with Gasteiger partial charge in [0.15, 0.2) is 0 Å². The van der Waals surface area contributed by atoms with Gasteiger partial charge in [0, 0.05) is 36.0 Å². The van der Waals surface area contributed by atoms with Gasteiger partial charge < -0.3 is 15.4 Å². The van der Waals surface area contributed by atoms with E-state index in [1.807, 2.05) is 31.3 Å². The predicted octanol–water partition coefficient (Wildman–Crippen LogP) is 4.01. The Labute approximate surface area is 185 Å². The van der Waals surface area contributed by atoms with E-state index in [4.69, 9.17) is 4.74 Å². The zero-order valence-corrected chi connectivity index (χ0v) is 18.9. The molecule has 3 aromatic rings. The van der Waals surface area contributed by atoms with Crippen molar-refractivity contribution in [2.24, 2.45) is 0 Å². The molecule has 1 aliphatic heterocycles. The summed E-state index contributed by atoms with van der Waals surface area (Å²) in [5, 5.41) is 7.95. The molecular weight excluding hydrogens is 444 g/mol. The molecule has 0 unspecified atom stereocenters. The maximum absolute atomic E-state index is 5.41. The van der Waals surface area contributed by atoms with Gasteiger partial charge in [-0.1, -0.05) is 28.1 Å². The average molecular weight is 471 g/mol. The first-order chi connectivity index (χ1) is 14.6. The van der Waals surface area contributed by atoms with Gasteiger partial charge in [0.05, 0.1) is 31.0 Å². The maximum Gasteiger partial charge on any atom is 0.138 e. The number of aromatic nitrogens is 3. The van der Waals surface area contributed by atoms with Crippen molar-refractivity contribution in [2.75, 3.05) is 50.0 Å². The highest BCUT2D eigenvalue weighted by Gasteiger charge is 2.13. The van der Waals surface area contributed by atoms with Gasteiger partial charge in [-0.25, -0.2) is 15.0 Å². The lowest BCUT2D eigenvalue weighted by Crippen LogP contribution is -2.39. The molecule has 30 heavy (non-hydrogen) atoms. The Morgan fingerprint density at radius 1 is 1.20 bits per heavy atom. The Bertz CT molecular complexity index is 1010. The maximum atomic E-state index is 5.41. The number of halogens is 1. The first-order valence-electron chi connectivity index (χ1n) is 10.3. The highest BCUT2D eigenvalue weighted by Crippen LogP contribution is 2.27. The van der Waals surface area contributed by atoms with E-state index in [0.29, 0.717) is 0 Å². The summed E-state index contributed by atoms with van der Waals surface area (Å²) in [4.78, 5) is 16.2. The zero-order valence-electron chi connectivity index (χ0n) is 17.4. The van der Waals surface area contributed by atoms with Crippen LogP contribution >= 0.6 is 15.9 Å². The summed E-state index contributed by atoms with van der Waals surface area (Å²) in [7, 11) is 0. The number of hydrogen-bond donors (Lipinski definition) is 2. The standard InChI is InChI=1S/C22H27BrN6O/c1-15(17-4-3-5-18(23)12-17)26-22-19-13-21(25-14-20(19)27-16(2)28-22)24-6-7-29-8-10-30-11-9-29/h3-5,12-15H,6-11H2,1-2H3,(H,24,25)(H,26,27,28)/t15-/m1/s1. The summed E-state index contributed by atoms with van der Waals surface area (Å²) in [6, 6.07) is 10.4. The summed E-state index contributed by atoms with van der Waals surface area (Å²) in [5.41, 5.74) is 2.02. The van der Waals surface area contributed by atoms with E-state index in [1.54, 1.807) is 0 Å². The summed E-state index contributed by atoms with van der Waals surface area (Å²) < 4.78 is 6.47. The highest BCUT2D eigenvalue weighted by atomic mass is 79.9. The molecule has 1 aromatic carbocycles. The normalized spacial score (nSPS) is 15.8. The molecule has 2 aromatic heterocycles. The highest BCUT2D eigenvalue weighted by molar-refractivity contribution is 9.10. The number of rotatable bonds is 7. The number of nitrogens with one attached hydrogen (secondary N) is 2. The number of fused-ring (bicyclic) bond motifs is 1. The van der Waals surface area contributed by atoms with Gasteiger partial charge in [-0.2, -0.15) is 0 Å². The Hall–Kier alpha value is -2.29. The van der Waals surface area contributed by atoms with Crippen LogP contribution in [0.5, 0.6) is 0 Å². The van der Waals surface area contributed by atoms with Crippen LogP contribution in [0.4, 0.5) is 11.6 Å². The quantitative estimate of drug-likeness (QED) is 0.539. The second-order valence-electron chi connectivity index (χ2n) is 7.51. The van der Waals surface area contributed by atoms with Gasteiger partial charge in [0.25, 0.3) is 0 Å². The smallest absolute Gasteiger partial charge is 0.138 e. The van der Waals surface area contributed by atoms with Gasteiger partial charge in [-0.3, -0.25) is 4.90 Å². The van der Waals surface area contributed by atoms with E-state index in [9.17, 15) is 0 Å². The van der Waals surface area contributed by atoms with Crippen molar-refractivity contribution in [1.82, 2.24) is 19.9 Å². The van der Waals surface area contributed by atoms with Crippen molar-refractivity contribution in [3.8, 4) is 0 Å². The van der Waals surface area contributed by atoms with Crippen LogP contribution in [0.25, 0.3) is 10.9 Å². The van der Waals surface area contributed by atoms with E-state index < -0.39 is 0 Å². The monoisotopic (exact) mass is 470 g/mol. The van der Waals surface area contributed by atoms with E-state index in [2.05, 4.69) is 65.5 Å². The SMILES string of the molecule is Cc1nc(N[C@H](C)c2cccc(Br)c2)c2cc(NCCN3CCOCC3)ncc2n1. The van der Waals surface area contributed by atoms with Crippen LogP contribution in [0.2, 0.25) is 0 Å². The molecule has 7 nitrogen and oxygen atoms in total. The van der Waals surface area contributed by atoms with Gasteiger partial charge >= 0.3 is 0 Å². The summed E-state index contributed by atoms with van der Waals surface area (Å²) in [5.74, 6) is 2.38. The van der Waals surface area contributed by atoms with E-state index in [-0.39, 0.29) is 6.04 Å². The van der Waals surface area contributed by atoms with E-state index >= 15 is 0 Å². The predicted molar refractivity (Wildman–Crippen MR) is 124 cm³/mol. The minimum atomic E-state index is 0.103. The summed E-state index contributed by atoms with van der Waals surface area (Å²) >= 11 is 3.55. The Morgan fingerprint density at radius 3 is 2.83 bits per heavy atom. The van der Waals surface area contributed by atoms with Crippen LogP contribution in [-0.4, -0.2) is 59.2 Å². The van der Waals surface area contributed by atoms with Crippen LogP contribution in [-0.2, 0) is 4.74 Å². The molecule has 0 amide bonds. The molecule has 1 atom stereocenters. The summed E-state index contributed by atoms with van der Waals surface area (Å²) in [6.45, 7) is 9.45. The number of nitrogens with zero attached hydrogens (tertiary/aromatic N) is 4. The molecule has 8 heteroatoms. The third kappa shape index (κ3) is 5.24. The van der Waals surface area contributed by atoms with Crippen molar-refractivity contribution in [3.63, 3.8) is 0 Å². The zero-order chi connectivity index (χ0) is 20.9. The number of aryl methyl sites for hydroxylation is 1. The third-order valence-electron chi connectivity index (χ3n) is 5.23. The topological polar surface area (TPSA) is 75.2 Å². The van der Waals surface area contributed by atoms with Crippen molar-refractivity contribution < 1.29 is 4.74 Å². The minimum Gasteiger partial charge on any atom is -0.379 e. The molecule has 0 bridgehead atoms. The molecule has 4 rings (SSSR count). The molecule has 3 heterocycles. The Kier molecular flexibility index (Phi) is 6.76. The molecule has 158 valence electrons. The molecule has 0 radical (unpaired) electrons. The van der Waals surface area contributed by atoms with Crippen LogP contribution in [0, 0.1) is 6.92 Å². The molecule has 0 spiro atoms. The largest absolute Gasteiger partial charge is 0.379 e. The van der Waals surface area contributed by atoms with Gasteiger partial charge in [-0.05, 0) is 37.6 Å². The second-order valence-corrected chi connectivity index (χ2v) is 8.42. The molecule has 0 saturated carbocycles. The number of ether oxygens (including phenoxy) is 1. The lowest BCUT2D eigenvalue weighted by molar-refractivity contribution is 0.0398. The lowest BCUT2D eigenvalue weighted by atomic mass is 10.1. The fourth-order valence-electron chi connectivity index (χ4n) is 3.59. The number of benzene rings is 1. The van der Waals surface area contributed by atoms with Crippen LogP contribution < -0.4 is 10.6 Å². The number of pyridine rings is 1. The fourth-order valence-corrected chi connectivity index (χ4v) is 4.00. The van der Waals surface area contributed by atoms with Crippen LogP contribution in [0.1, 0.15) is 24.4 Å². The third-order valence-corrected chi connectivity index (χ3v) is 5.73. The minimum absolute atomic E-state index is 0.103. The van der Waals surface area contributed by atoms with Gasteiger partial charge in [-0.15, -0.1) is 0 Å². The van der Waals surface area contributed by atoms with Gasteiger partial charge in [0.2, 0.25) is 0 Å². The number of morpholine rings is 1. The van der Waals surface area contributed by atoms with Crippen LogP contribution in [0.3, 0.4) is 0 Å². The molecule has 1 fully saturated rings. The van der Waals surface area contributed by atoms with Crippen LogP contribution in [0.15, 0.2) is 41.0 Å². The van der Waals surface area contributed by atoms with E-state index in [0.717, 1.165) is 72.2 Å². The molecule has 1 saturated heterocycles.